The molecule has 15 heavy (non-hydrogen) atoms. The van der Waals surface area contributed by atoms with E-state index in [0.717, 1.165) is 19.5 Å². The molecule has 0 atom stereocenters. The Balaban J connectivity index is 2.21. The van der Waals surface area contributed by atoms with Gasteiger partial charge in [-0.05, 0) is 25.4 Å². The Hall–Kier alpha value is -1.10. The third-order valence-corrected chi connectivity index (χ3v) is 2.16. The Labute approximate surface area is 90.1 Å². The second kappa shape index (κ2) is 5.70. The van der Waals surface area contributed by atoms with Crippen LogP contribution in [-0.4, -0.2) is 27.4 Å². The zero-order valence-electron chi connectivity index (χ0n) is 9.73. The SMILES string of the molecule is CC(C)CNCCCn1ncn(C)c1=O. The fraction of sp³-hybridized carbons (Fsp3) is 0.800. The van der Waals surface area contributed by atoms with E-state index >= 15 is 0 Å². The third-order valence-electron chi connectivity index (χ3n) is 2.16. The predicted molar refractivity (Wildman–Crippen MR) is 59.8 cm³/mol. The summed E-state index contributed by atoms with van der Waals surface area (Å²) in [5.41, 5.74) is -0.0427. The lowest BCUT2D eigenvalue weighted by Gasteiger charge is -2.06. The Bertz CT molecular complexity index is 339. The summed E-state index contributed by atoms with van der Waals surface area (Å²) in [5.74, 6) is 0.669. The number of aromatic nitrogens is 3. The van der Waals surface area contributed by atoms with Gasteiger partial charge in [-0.1, -0.05) is 13.8 Å². The highest BCUT2D eigenvalue weighted by molar-refractivity contribution is 4.65. The molecule has 0 aliphatic rings. The number of hydrogen-bond donors (Lipinski definition) is 1. The van der Waals surface area contributed by atoms with Gasteiger partial charge in [0.2, 0.25) is 0 Å². The van der Waals surface area contributed by atoms with Crippen LogP contribution in [0.25, 0.3) is 0 Å². The average Bonchev–Trinajstić information content (AvgIpc) is 2.48. The monoisotopic (exact) mass is 212 g/mol. The molecule has 0 saturated carbocycles. The van der Waals surface area contributed by atoms with Crippen molar-refractivity contribution in [2.75, 3.05) is 13.1 Å². The van der Waals surface area contributed by atoms with E-state index in [4.69, 9.17) is 0 Å². The van der Waals surface area contributed by atoms with E-state index in [0.29, 0.717) is 12.5 Å². The highest BCUT2D eigenvalue weighted by Gasteiger charge is 2.00. The van der Waals surface area contributed by atoms with E-state index in [9.17, 15) is 4.79 Å². The number of nitrogens with one attached hydrogen (secondary N) is 1. The Morgan fingerprint density at radius 3 is 2.80 bits per heavy atom. The van der Waals surface area contributed by atoms with Crippen molar-refractivity contribution in [2.24, 2.45) is 13.0 Å². The minimum Gasteiger partial charge on any atom is -0.316 e. The van der Waals surface area contributed by atoms with Crippen LogP contribution in [-0.2, 0) is 13.6 Å². The molecule has 0 aliphatic carbocycles. The molecule has 1 heterocycles. The van der Waals surface area contributed by atoms with Gasteiger partial charge < -0.3 is 5.32 Å². The summed E-state index contributed by atoms with van der Waals surface area (Å²) in [5, 5.41) is 7.32. The average molecular weight is 212 g/mol. The van der Waals surface area contributed by atoms with Gasteiger partial charge in [0, 0.05) is 13.6 Å². The van der Waals surface area contributed by atoms with Crippen molar-refractivity contribution in [3.63, 3.8) is 0 Å². The van der Waals surface area contributed by atoms with Crippen LogP contribution < -0.4 is 11.0 Å². The lowest BCUT2D eigenvalue weighted by Crippen LogP contribution is -2.26. The third kappa shape index (κ3) is 3.87. The van der Waals surface area contributed by atoms with Crippen LogP contribution in [0.3, 0.4) is 0 Å². The maximum absolute atomic E-state index is 11.4. The largest absolute Gasteiger partial charge is 0.345 e. The first-order valence-electron chi connectivity index (χ1n) is 5.40. The van der Waals surface area contributed by atoms with Gasteiger partial charge >= 0.3 is 5.69 Å². The molecule has 1 aromatic rings. The van der Waals surface area contributed by atoms with Gasteiger partial charge in [-0.2, -0.15) is 5.10 Å². The van der Waals surface area contributed by atoms with E-state index < -0.39 is 0 Å². The highest BCUT2D eigenvalue weighted by Crippen LogP contribution is 1.88. The van der Waals surface area contributed by atoms with Crippen LogP contribution in [0, 0.1) is 5.92 Å². The molecule has 5 nitrogen and oxygen atoms in total. The molecule has 0 aliphatic heterocycles. The number of hydrogen-bond acceptors (Lipinski definition) is 3. The maximum atomic E-state index is 11.4. The first-order chi connectivity index (χ1) is 7.11. The van der Waals surface area contributed by atoms with Gasteiger partial charge in [0.15, 0.2) is 0 Å². The summed E-state index contributed by atoms with van der Waals surface area (Å²) >= 11 is 0. The van der Waals surface area contributed by atoms with Crippen LogP contribution in [0.1, 0.15) is 20.3 Å². The second-order valence-electron chi connectivity index (χ2n) is 4.20. The number of nitrogens with zero attached hydrogens (tertiary/aromatic N) is 3. The van der Waals surface area contributed by atoms with Crippen molar-refractivity contribution in [1.29, 1.82) is 0 Å². The van der Waals surface area contributed by atoms with Crippen molar-refractivity contribution in [3.05, 3.63) is 16.8 Å². The lowest BCUT2D eigenvalue weighted by atomic mass is 10.2. The Kier molecular flexibility index (Phi) is 4.55. The first-order valence-corrected chi connectivity index (χ1v) is 5.40. The number of aryl methyl sites for hydroxylation is 2. The van der Waals surface area contributed by atoms with Gasteiger partial charge in [-0.3, -0.25) is 4.57 Å². The van der Waals surface area contributed by atoms with E-state index in [-0.39, 0.29) is 5.69 Å². The van der Waals surface area contributed by atoms with Crippen LogP contribution in [0.5, 0.6) is 0 Å². The molecule has 1 rings (SSSR count). The summed E-state index contributed by atoms with van der Waals surface area (Å²) in [7, 11) is 1.71. The Morgan fingerprint density at radius 2 is 2.27 bits per heavy atom. The molecule has 1 N–H and O–H groups in total. The molecule has 0 radical (unpaired) electrons. The minimum absolute atomic E-state index is 0.0427. The summed E-state index contributed by atoms with van der Waals surface area (Å²) in [6.45, 7) is 7.00. The fourth-order valence-corrected chi connectivity index (χ4v) is 1.32. The van der Waals surface area contributed by atoms with Crippen molar-refractivity contribution >= 4 is 0 Å². The van der Waals surface area contributed by atoms with Crippen molar-refractivity contribution in [1.82, 2.24) is 19.7 Å². The van der Waals surface area contributed by atoms with E-state index in [1.165, 1.54) is 9.25 Å². The predicted octanol–water partition coefficient (Wildman–Crippen LogP) is 0.218. The van der Waals surface area contributed by atoms with Gasteiger partial charge in [-0.25, -0.2) is 9.48 Å². The molecule has 1 aromatic heterocycles. The van der Waals surface area contributed by atoms with Gasteiger partial charge in [-0.15, -0.1) is 0 Å². The highest BCUT2D eigenvalue weighted by atomic mass is 16.2. The smallest absolute Gasteiger partial charge is 0.316 e. The number of rotatable bonds is 6. The maximum Gasteiger partial charge on any atom is 0.345 e. The van der Waals surface area contributed by atoms with Crippen molar-refractivity contribution < 1.29 is 0 Å². The molecule has 5 heteroatoms. The zero-order valence-corrected chi connectivity index (χ0v) is 9.73. The lowest BCUT2D eigenvalue weighted by molar-refractivity contribution is 0.497. The molecule has 86 valence electrons. The van der Waals surface area contributed by atoms with Gasteiger partial charge in [0.05, 0.1) is 0 Å². The van der Waals surface area contributed by atoms with Crippen LogP contribution in [0.4, 0.5) is 0 Å². The van der Waals surface area contributed by atoms with Crippen molar-refractivity contribution in [3.8, 4) is 0 Å². The topological polar surface area (TPSA) is 51.9 Å². The van der Waals surface area contributed by atoms with Gasteiger partial charge in [0.1, 0.15) is 6.33 Å². The first kappa shape index (κ1) is 12.0. The normalized spacial score (nSPS) is 11.2. The van der Waals surface area contributed by atoms with Crippen LogP contribution >= 0.6 is 0 Å². The summed E-state index contributed by atoms with van der Waals surface area (Å²) < 4.78 is 2.98. The molecular weight excluding hydrogens is 192 g/mol. The molecule has 0 aromatic carbocycles. The van der Waals surface area contributed by atoms with Crippen LogP contribution in [0.15, 0.2) is 11.1 Å². The van der Waals surface area contributed by atoms with Crippen LogP contribution in [0.2, 0.25) is 0 Å². The van der Waals surface area contributed by atoms with E-state index in [1.807, 2.05) is 0 Å². The molecular formula is C10H20N4O. The van der Waals surface area contributed by atoms with E-state index in [1.54, 1.807) is 13.4 Å². The molecule has 0 fully saturated rings. The van der Waals surface area contributed by atoms with Crippen molar-refractivity contribution in [2.45, 2.75) is 26.8 Å². The molecule has 0 spiro atoms. The quantitative estimate of drug-likeness (QED) is 0.686. The molecule has 0 unspecified atom stereocenters. The fourth-order valence-electron chi connectivity index (χ4n) is 1.32. The van der Waals surface area contributed by atoms with Gasteiger partial charge in [0.25, 0.3) is 0 Å². The Morgan fingerprint density at radius 1 is 1.53 bits per heavy atom. The zero-order chi connectivity index (χ0) is 11.3. The molecule has 0 amide bonds. The molecule has 0 saturated heterocycles. The minimum atomic E-state index is -0.0427. The molecule has 0 bridgehead atoms. The summed E-state index contributed by atoms with van der Waals surface area (Å²) in [4.78, 5) is 11.4. The summed E-state index contributed by atoms with van der Waals surface area (Å²) in [6.07, 6.45) is 2.48. The second-order valence-corrected chi connectivity index (χ2v) is 4.20. The summed E-state index contributed by atoms with van der Waals surface area (Å²) in [6, 6.07) is 0. The standard InChI is InChI=1S/C10H20N4O/c1-9(2)7-11-5-4-6-14-10(15)13(3)8-12-14/h8-9,11H,4-7H2,1-3H3. The van der Waals surface area contributed by atoms with E-state index in [2.05, 4.69) is 24.3 Å².